The van der Waals surface area contributed by atoms with Gasteiger partial charge in [0.15, 0.2) is 0 Å². The predicted octanol–water partition coefficient (Wildman–Crippen LogP) is 0.781. The highest BCUT2D eigenvalue weighted by atomic mass is 16.2. The van der Waals surface area contributed by atoms with Crippen LogP contribution in [-0.2, 0) is 4.79 Å². The maximum Gasteiger partial charge on any atom is 0.238 e. The molecule has 0 saturated carbocycles. The molecule has 0 spiro atoms. The Morgan fingerprint density at radius 2 is 1.76 bits per heavy atom. The smallest absolute Gasteiger partial charge is 0.238 e. The summed E-state index contributed by atoms with van der Waals surface area (Å²) < 4.78 is 0. The molecule has 1 amide bonds. The second-order valence-corrected chi connectivity index (χ2v) is 5.27. The molecule has 2 atom stereocenters. The molecule has 1 aliphatic heterocycles. The molecular weight excluding hydrogens is 216 g/mol. The number of likely N-dealkylation sites (tertiary alicyclic amines) is 1. The molecule has 0 radical (unpaired) electrons. The number of nitrogens with zero attached hydrogens (tertiary/aromatic N) is 3. The van der Waals surface area contributed by atoms with Crippen molar-refractivity contribution in [3.05, 3.63) is 0 Å². The van der Waals surface area contributed by atoms with Crippen LogP contribution in [0.2, 0.25) is 0 Å². The van der Waals surface area contributed by atoms with Crippen molar-refractivity contribution in [1.82, 2.24) is 10.2 Å². The van der Waals surface area contributed by atoms with Crippen molar-refractivity contribution in [2.24, 2.45) is 0 Å². The second-order valence-electron chi connectivity index (χ2n) is 5.27. The van der Waals surface area contributed by atoms with Crippen LogP contribution in [0.1, 0.15) is 33.6 Å². The minimum Gasteiger partial charge on any atom is -0.310 e. The van der Waals surface area contributed by atoms with E-state index in [1.54, 1.807) is 0 Å². The Morgan fingerprint density at radius 3 is 2.12 bits per heavy atom. The van der Waals surface area contributed by atoms with Crippen LogP contribution in [0, 0.1) is 22.7 Å². The summed E-state index contributed by atoms with van der Waals surface area (Å²) in [6, 6.07) is 3.26. The van der Waals surface area contributed by atoms with Crippen LogP contribution in [0.15, 0.2) is 0 Å². The molecule has 0 aromatic carbocycles. The van der Waals surface area contributed by atoms with Crippen molar-refractivity contribution in [3.63, 3.8) is 0 Å². The summed E-state index contributed by atoms with van der Waals surface area (Å²) in [6.45, 7) is 6.06. The van der Waals surface area contributed by atoms with Crippen molar-refractivity contribution in [1.29, 1.82) is 10.5 Å². The average Bonchev–Trinajstić information content (AvgIpc) is 2.67. The molecule has 1 rings (SSSR count). The number of amides is 1. The molecule has 1 N–H and O–H groups in total. The Labute approximate surface area is 102 Å². The lowest BCUT2D eigenvalue weighted by molar-refractivity contribution is -0.131. The van der Waals surface area contributed by atoms with Gasteiger partial charge in [-0.3, -0.25) is 4.79 Å². The zero-order chi connectivity index (χ0) is 13.1. The molecule has 0 aliphatic carbocycles. The van der Waals surface area contributed by atoms with Crippen LogP contribution in [-0.4, -0.2) is 35.0 Å². The van der Waals surface area contributed by atoms with E-state index in [0.717, 1.165) is 0 Å². The van der Waals surface area contributed by atoms with E-state index >= 15 is 0 Å². The lowest BCUT2D eigenvalue weighted by Gasteiger charge is -2.26. The van der Waals surface area contributed by atoms with E-state index in [0.29, 0.717) is 12.8 Å². The van der Waals surface area contributed by atoms with Crippen LogP contribution in [0.4, 0.5) is 0 Å². The molecule has 92 valence electrons. The second kappa shape index (κ2) is 5.16. The van der Waals surface area contributed by atoms with Gasteiger partial charge in [0, 0.05) is 5.54 Å². The fourth-order valence-corrected chi connectivity index (χ4v) is 1.84. The number of carbonyl (C=O) groups is 1. The van der Waals surface area contributed by atoms with Crippen LogP contribution in [0.5, 0.6) is 0 Å². The zero-order valence-electron chi connectivity index (χ0n) is 10.5. The van der Waals surface area contributed by atoms with Gasteiger partial charge >= 0.3 is 0 Å². The summed E-state index contributed by atoms with van der Waals surface area (Å²) in [5.74, 6) is -0.171. The predicted molar refractivity (Wildman–Crippen MR) is 62.6 cm³/mol. The van der Waals surface area contributed by atoms with E-state index < -0.39 is 12.1 Å². The number of nitrogens with one attached hydrogen (secondary N) is 1. The van der Waals surface area contributed by atoms with E-state index in [-0.39, 0.29) is 18.0 Å². The van der Waals surface area contributed by atoms with Crippen LogP contribution < -0.4 is 5.32 Å². The Balaban J connectivity index is 2.66. The number of nitriles is 2. The lowest BCUT2D eigenvalue weighted by Crippen LogP contribution is -2.48. The highest BCUT2D eigenvalue weighted by molar-refractivity contribution is 5.80. The molecule has 1 fully saturated rings. The SMILES string of the molecule is CC(C)(C)NCC(=O)N1[C@H](C#N)CC[C@@H]1C#N. The Kier molecular flexibility index (Phi) is 4.09. The van der Waals surface area contributed by atoms with Gasteiger partial charge in [0.1, 0.15) is 12.1 Å². The van der Waals surface area contributed by atoms with Gasteiger partial charge in [0.05, 0.1) is 18.7 Å². The molecule has 0 aromatic heterocycles. The van der Waals surface area contributed by atoms with Gasteiger partial charge < -0.3 is 10.2 Å². The third-order valence-corrected chi connectivity index (χ3v) is 2.74. The summed E-state index contributed by atoms with van der Waals surface area (Å²) in [5.41, 5.74) is -0.153. The average molecular weight is 234 g/mol. The molecule has 0 aromatic rings. The third kappa shape index (κ3) is 3.44. The quantitative estimate of drug-likeness (QED) is 0.765. The molecule has 0 unspecified atom stereocenters. The zero-order valence-corrected chi connectivity index (χ0v) is 10.5. The van der Waals surface area contributed by atoms with Crippen molar-refractivity contribution in [2.45, 2.75) is 51.2 Å². The van der Waals surface area contributed by atoms with E-state index in [1.807, 2.05) is 20.8 Å². The first-order chi connectivity index (χ1) is 7.89. The molecule has 0 bridgehead atoms. The van der Waals surface area contributed by atoms with Gasteiger partial charge in [0.25, 0.3) is 0 Å². The van der Waals surface area contributed by atoms with Gasteiger partial charge in [-0.2, -0.15) is 10.5 Å². The monoisotopic (exact) mass is 234 g/mol. The normalized spacial score (nSPS) is 24.2. The van der Waals surface area contributed by atoms with Crippen molar-refractivity contribution < 1.29 is 4.79 Å². The first-order valence-corrected chi connectivity index (χ1v) is 5.74. The number of hydrogen-bond donors (Lipinski definition) is 1. The van der Waals surface area contributed by atoms with Crippen LogP contribution in [0.3, 0.4) is 0 Å². The van der Waals surface area contributed by atoms with E-state index in [4.69, 9.17) is 10.5 Å². The van der Waals surface area contributed by atoms with E-state index in [9.17, 15) is 4.79 Å². The minimum absolute atomic E-state index is 0.153. The van der Waals surface area contributed by atoms with Crippen LogP contribution >= 0.6 is 0 Å². The summed E-state index contributed by atoms with van der Waals surface area (Å²) >= 11 is 0. The molecule has 5 nitrogen and oxygen atoms in total. The van der Waals surface area contributed by atoms with E-state index in [2.05, 4.69) is 17.5 Å². The Hall–Kier alpha value is -1.59. The first kappa shape index (κ1) is 13.5. The molecular formula is C12H18N4O. The Bertz CT molecular complexity index is 349. The van der Waals surface area contributed by atoms with Crippen LogP contribution in [0.25, 0.3) is 0 Å². The fourth-order valence-electron chi connectivity index (χ4n) is 1.84. The molecule has 17 heavy (non-hydrogen) atoms. The van der Waals surface area contributed by atoms with Crippen molar-refractivity contribution in [3.8, 4) is 12.1 Å². The molecule has 5 heteroatoms. The van der Waals surface area contributed by atoms with Crippen molar-refractivity contribution >= 4 is 5.91 Å². The van der Waals surface area contributed by atoms with Crippen molar-refractivity contribution in [2.75, 3.05) is 6.54 Å². The Morgan fingerprint density at radius 1 is 1.29 bits per heavy atom. The maximum atomic E-state index is 12.0. The highest BCUT2D eigenvalue weighted by Crippen LogP contribution is 2.23. The van der Waals surface area contributed by atoms with Gasteiger partial charge in [-0.25, -0.2) is 0 Å². The van der Waals surface area contributed by atoms with Gasteiger partial charge in [-0.05, 0) is 33.6 Å². The first-order valence-electron chi connectivity index (χ1n) is 5.74. The topological polar surface area (TPSA) is 79.9 Å². The summed E-state index contributed by atoms with van der Waals surface area (Å²) in [5, 5.41) is 21.0. The molecule has 1 saturated heterocycles. The third-order valence-electron chi connectivity index (χ3n) is 2.74. The molecule has 1 heterocycles. The molecule has 1 aliphatic rings. The highest BCUT2D eigenvalue weighted by Gasteiger charge is 2.36. The summed E-state index contributed by atoms with van der Waals surface area (Å²) in [7, 11) is 0. The lowest BCUT2D eigenvalue weighted by atomic mass is 10.1. The van der Waals surface area contributed by atoms with Gasteiger partial charge in [0.2, 0.25) is 5.91 Å². The summed E-state index contributed by atoms with van der Waals surface area (Å²) in [4.78, 5) is 13.4. The maximum absolute atomic E-state index is 12.0. The minimum atomic E-state index is -0.450. The number of hydrogen-bond acceptors (Lipinski definition) is 4. The standard InChI is InChI=1S/C12H18N4O/c1-12(2,3)15-8-11(17)16-9(6-13)4-5-10(16)7-14/h9-10,15H,4-5,8H2,1-3H3/t9-,10+. The largest absolute Gasteiger partial charge is 0.310 e. The number of carbonyl (C=O) groups excluding carboxylic acids is 1. The van der Waals surface area contributed by atoms with Gasteiger partial charge in [-0.1, -0.05) is 0 Å². The number of rotatable bonds is 2. The summed E-state index contributed by atoms with van der Waals surface area (Å²) in [6.07, 6.45) is 1.19. The fraction of sp³-hybridized carbons (Fsp3) is 0.750. The van der Waals surface area contributed by atoms with Gasteiger partial charge in [-0.15, -0.1) is 0 Å². The van der Waals surface area contributed by atoms with E-state index in [1.165, 1.54) is 4.90 Å².